The second-order valence-electron chi connectivity index (χ2n) is 5.27. The van der Waals surface area contributed by atoms with Gasteiger partial charge in [0.1, 0.15) is 5.82 Å². The van der Waals surface area contributed by atoms with Crippen molar-refractivity contribution < 1.29 is 12.8 Å². The average Bonchev–Trinajstić information content (AvgIpc) is 2.87. The highest BCUT2D eigenvalue weighted by Crippen LogP contribution is 2.29. The van der Waals surface area contributed by atoms with Crippen molar-refractivity contribution in [3.8, 4) is 0 Å². The number of benzene rings is 1. The van der Waals surface area contributed by atoms with Crippen LogP contribution >= 0.6 is 11.6 Å². The number of rotatable bonds is 5. The molecule has 0 bridgehead atoms. The van der Waals surface area contributed by atoms with Crippen molar-refractivity contribution >= 4 is 21.6 Å². The summed E-state index contributed by atoms with van der Waals surface area (Å²) in [5.74, 6) is -0.697. The molecule has 1 fully saturated rings. The van der Waals surface area contributed by atoms with E-state index >= 15 is 0 Å². The van der Waals surface area contributed by atoms with Gasteiger partial charge < -0.3 is 5.32 Å². The fourth-order valence-corrected chi connectivity index (χ4v) is 4.49. The van der Waals surface area contributed by atoms with Crippen LogP contribution < -0.4 is 5.32 Å². The molecule has 118 valence electrons. The Morgan fingerprint density at radius 1 is 1.48 bits per heavy atom. The molecule has 1 aromatic carbocycles. The molecule has 1 saturated heterocycles. The number of hydrogen-bond acceptors (Lipinski definition) is 3. The van der Waals surface area contributed by atoms with Crippen LogP contribution in [0, 0.1) is 5.82 Å². The topological polar surface area (TPSA) is 49.4 Å². The smallest absolute Gasteiger partial charge is 0.243 e. The van der Waals surface area contributed by atoms with Gasteiger partial charge in [-0.15, -0.1) is 0 Å². The van der Waals surface area contributed by atoms with Gasteiger partial charge in [-0.3, -0.25) is 0 Å². The summed E-state index contributed by atoms with van der Waals surface area (Å²) in [7, 11) is -3.67. The van der Waals surface area contributed by atoms with Crippen LogP contribution in [-0.4, -0.2) is 31.9 Å². The summed E-state index contributed by atoms with van der Waals surface area (Å²) in [6.45, 7) is 5.30. The van der Waals surface area contributed by atoms with Crippen molar-refractivity contribution in [2.24, 2.45) is 0 Å². The van der Waals surface area contributed by atoms with Gasteiger partial charge in [0.05, 0.1) is 9.92 Å². The molecule has 1 aliphatic rings. The summed E-state index contributed by atoms with van der Waals surface area (Å²) in [5, 5.41) is 3.01. The van der Waals surface area contributed by atoms with Gasteiger partial charge in [-0.05, 0) is 44.0 Å². The van der Waals surface area contributed by atoms with Crippen LogP contribution in [0.25, 0.3) is 0 Å². The quantitative estimate of drug-likeness (QED) is 0.900. The third kappa shape index (κ3) is 3.39. The minimum atomic E-state index is -3.67. The van der Waals surface area contributed by atoms with E-state index in [0.717, 1.165) is 18.9 Å². The Balaban J connectivity index is 2.41. The predicted octanol–water partition coefficient (Wildman–Crippen LogP) is 2.76. The molecule has 0 aliphatic carbocycles. The third-order valence-corrected chi connectivity index (χ3v) is 6.16. The van der Waals surface area contributed by atoms with E-state index in [1.165, 1.54) is 10.4 Å². The zero-order chi connectivity index (χ0) is 15.6. The number of sulfonamides is 1. The summed E-state index contributed by atoms with van der Waals surface area (Å²) in [4.78, 5) is -0.0222. The zero-order valence-electron chi connectivity index (χ0n) is 12.2. The minimum Gasteiger partial charge on any atom is -0.313 e. The van der Waals surface area contributed by atoms with Crippen LogP contribution in [0.5, 0.6) is 0 Å². The maximum absolute atomic E-state index is 13.9. The maximum Gasteiger partial charge on any atom is 0.243 e. The predicted molar refractivity (Wildman–Crippen MR) is 81.4 cm³/mol. The molecular formula is C14H20ClFN2O2S. The maximum atomic E-state index is 13.9. The first-order valence-corrected chi connectivity index (χ1v) is 8.90. The zero-order valence-corrected chi connectivity index (χ0v) is 13.8. The van der Waals surface area contributed by atoms with E-state index in [0.29, 0.717) is 25.2 Å². The summed E-state index contributed by atoms with van der Waals surface area (Å²) in [6, 6.07) is 2.43. The highest BCUT2D eigenvalue weighted by atomic mass is 35.5. The molecule has 0 aromatic heterocycles. The van der Waals surface area contributed by atoms with E-state index in [1.54, 1.807) is 0 Å². The van der Waals surface area contributed by atoms with Gasteiger partial charge >= 0.3 is 0 Å². The molecule has 0 saturated carbocycles. The van der Waals surface area contributed by atoms with Crippen molar-refractivity contribution in [3.63, 3.8) is 0 Å². The molecule has 0 spiro atoms. The lowest BCUT2D eigenvalue weighted by Gasteiger charge is -2.21. The van der Waals surface area contributed by atoms with Crippen molar-refractivity contribution in [3.05, 3.63) is 28.5 Å². The Labute approximate surface area is 130 Å². The Hall–Kier alpha value is -0.690. The number of halogens is 2. The molecule has 1 atom stereocenters. The van der Waals surface area contributed by atoms with Crippen LogP contribution in [0.1, 0.15) is 32.3 Å². The standard InChI is InChI=1S/C14H20ClFN2O2S/c1-3-17-9-11-7-12(8-13(16)14(11)15)21(19,20)18-6-4-5-10(18)2/h7-8,10,17H,3-6,9H2,1-2H3. The van der Waals surface area contributed by atoms with E-state index < -0.39 is 15.8 Å². The molecule has 2 rings (SSSR count). The van der Waals surface area contributed by atoms with Gasteiger partial charge in [-0.1, -0.05) is 18.5 Å². The van der Waals surface area contributed by atoms with Gasteiger partial charge in [0.15, 0.2) is 0 Å². The number of hydrogen-bond donors (Lipinski definition) is 1. The first-order chi connectivity index (χ1) is 9.87. The first-order valence-electron chi connectivity index (χ1n) is 7.08. The Kier molecular flexibility index (Phi) is 5.24. The number of nitrogens with zero attached hydrogens (tertiary/aromatic N) is 1. The Morgan fingerprint density at radius 2 is 2.19 bits per heavy atom. The van der Waals surface area contributed by atoms with E-state index in [-0.39, 0.29) is 16.0 Å². The lowest BCUT2D eigenvalue weighted by atomic mass is 10.2. The molecule has 4 nitrogen and oxygen atoms in total. The molecule has 0 radical (unpaired) electrons. The normalized spacial score (nSPS) is 20.1. The van der Waals surface area contributed by atoms with Crippen LogP contribution in [0.15, 0.2) is 17.0 Å². The molecule has 1 N–H and O–H groups in total. The van der Waals surface area contributed by atoms with Crippen molar-refractivity contribution in [2.45, 2.75) is 44.2 Å². The molecule has 1 aromatic rings. The SMILES string of the molecule is CCNCc1cc(S(=O)(=O)N2CCCC2C)cc(F)c1Cl. The van der Waals surface area contributed by atoms with Gasteiger partial charge in [-0.2, -0.15) is 4.31 Å². The minimum absolute atomic E-state index is 0.0222. The van der Waals surface area contributed by atoms with Crippen molar-refractivity contribution in [1.29, 1.82) is 0 Å². The second-order valence-corrected chi connectivity index (χ2v) is 7.53. The lowest BCUT2D eigenvalue weighted by molar-refractivity contribution is 0.408. The Morgan fingerprint density at radius 3 is 2.76 bits per heavy atom. The van der Waals surface area contributed by atoms with Gasteiger partial charge in [0.2, 0.25) is 10.0 Å². The summed E-state index contributed by atoms with van der Waals surface area (Å²) in [5.41, 5.74) is 0.462. The van der Waals surface area contributed by atoms with Gasteiger partial charge in [0, 0.05) is 19.1 Å². The molecule has 1 unspecified atom stereocenters. The summed E-state index contributed by atoms with van der Waals surface area (Å²) in [6.07, 6.45) is 1.67. The fraction of sp³-hybridized carbons (Fsp3) is 0.571. The highest BCUT2D eigenvalue weighted by molar-refractivity contribution is 7.89. The largest absolute Gasteiger partial charge is 0.313 e. The molecule has 7 heteroatoms. The van der Waals surface area contributed by atoms with Crippen LogP contribution in [0.3, 0.4) is 0 Å². The van der Waals surface area contributed by atoms with E-state index in [9.17, 15) is 12.8 Å². The monoisotopic (exact) mass is 334 g/mol. The third-order valence-electron chi connectivity index (χ3n) is 3.74. The van der Waals surface area contributed by atoms with Gasteiger partial charge in [0.25, 0.3) is 0 Å². The molecule has 1 aliphatic heterocycles. The molecular weight excluding hydrogens is 315 g/mol. The summed E-state index contributed by atoms with van der Waals surface area (Å²) < 4.78 is 40.6. The van der Waals surface area contributed by atoms with Crippen molar-refractivity contribution in [1.82, 2.24) is 9.62 Å². The first kappa shape index (κ1) is 16.7. The molecule has 0 amide bonds. The highest BCUT2D eigenvalue weighted by Gasteiger charge is 2.33. The lowest BCUT2D eigenvalue weighted by Crippen LogP contribution is -2.33. The second kappa shape index (κ2) is 6.60. The molecule has 21 heavy (non-hydrogen) atoms. The van der Waals surface area contributed by atoms with E-state index in [4.69, 9.17) is 11.6 Å². The van der Waals surface area contributed by atoms with E-state index in [2.05, 4.69) is 5.32 Å². The van der Waals surface area contributed by atoms with Crippen LogP contribution in [0.2, 0.25) is 5.02 Å². The van der Waals surface area contributed by atoms with E-state index in [1.807, 2.05) is 13.8 Å². The van der Waals surface area contributed by atoms with Crippen LogP contribution in [-0.2, 0) is 16.6 Å². The summed E-state index contributed by atoms with van der Waals surface area (Å²) >= 11 is 5.92. The van der Waals surface area contributed by atoms with Crippen molar-refractivity contribution in [2.75, 3.05) is 13.1 Å². The number of nitrogens with one attached hydrogen (secondary N) is 1. The fourth-order valence-electron chi connectivity index (χ4n) is 2.56. The molecule has 1 heterocycles. The Bertz CT molecular complexity index is 622. The van der Waals surface area contributed by atoms with Crippen LogP contribution in [0.4, 0.5) is 4.39 Å². The van der Waals surface area contributed by atoms with Gasteiger partial charge in [-0.25, -0.2) is 12.8 Å². The average molecular weight is 335 g/mol.